The maximum absolute atomic E-state index is 12.0. The van der Waals surface area contributed by atoms with Gasteiger partial charge in [0.1, 0.15) is 0 Å². The number of fused-ring (bicyclic) bond motifs is 1. The number of aliphatic hydroxyl groups is 1. The van der Waals surface area contributed by atoms with Gasteiger partial charge >= 0.3 is 6.03 Å². The van der Waals surface area contributed by atoms with Gasteiger partial charge in [0.15, 0.2) is 0 Å². The quantitative estimate of drug-likeness (QED) is 0.798. The fourth-order valence-corrected chi connectivity index (χ4v) is 3.15. The van der Waals surface area contributed by atoms with Gasteiger partial charge < -0.3 is 15.7 Å². The number of benzene rings is 2. The Morgan fingerprint density at radius 1 is 1.08 bits per heavy atom. The second-order valence-electron chi connectivity index (χ2n) is 6.33. The molecular weight excluding hydrogens is 324 g/mol. The number of nitrogens with one attached hydrogen (secondary N) is 2. The zero-order valence-corrected chi connectivity index (χ0v) is 14.1. The Bertz CT molecular complexity index is 718. The minimum atomic E-state index is -0.883. The summed E-state index contributed by atoms with van der Waals surface area (Å²) in [5.74, 6) is 0. The molecule has 0 fully saturated rings. The third-order valence-corrected chi connectivity index (χ3v) is 4.69. The Morgan fingerprint density at radius 3 is 2.54 bits per heavy atom. The van der Waals surface area contributed by atoms with E-state index in [4.69, 9.17) is 11.6 Å². The summed E-state index contributed by atoms with van der Waals surface area (Å²) in [6.45, 7) is 0.665. The minimum Gasteiger partial charge on any atom is -0.388 e. The SMILES string of the molecule is O=C(NCc1ccc(Cl)cc1)NCC1(O)CCc2ccccc2C1. The first-order chi connectivity index (χ1) is 11.5. The monoisotopic (exact) mass is 344 g/mol. The van der Waals surface area contributed by atoms with Crippen molar-refractivity contribution in [3.05, 3.63) is 70.2 Å². The van der Waals surface area contributed by atoms with Crippen LogP contribution in [0.3, 0.4) is 0 Å². The molecule has 2 aromatic carbocycles. The van der Waals surface area contributed by atoms with Crippen LogP contribution in [-0.2, 0) is 19.4 Å². The van der Waals surface area contributed by atoms with Gasteiger partial charge in [0.25, 0.3) is 0 Å². The number of hydrogen-bond acceptors (Lipinski definition) is 2. The van der Waals surface area contributed by atoms with E-state index in [1.807, 2.05) is 30.3 Å². The summed E-state index contributed by atoms with van der Waals surface area (Å²) in [6, 6.07) is 15.2. The molecule has 0 heterocycles. The number of halogens is 1. The molecule has 0 bridgehead atoms. The van der Waals surface area contributed by atoms with Crippen molar-refractivity contribution in [2.24, 2.45) is 0 Å². The zero-order chi connectivity index (χ0) is 17.0. The van der Waals surface area contributed by atoms with E-state index in [2.05, 4.69) is 16.7 Å². The van der Waals surface area contributed by atoms with Crippen LogP contribution in [0.4, 0.5) is 4.79 Å². The van der Waals surface area contributed by atoms with Gasteiger partial charge in [0, 0.05) is 24.5 Å². The first-order valence-electron chi connectivity index (χ1n) is 8.09. The lowest BCUT2D eigenvalue weighted by molar-refractivity contribution is 0.0291. The Hall–Kier alpha value is -2.04. The first-order valence-corrected chi connectivity index (χ1v) is 8.47. The second-order valence-corrected chi connectivity index (χ2v) is 6.77. The minimum absolute atomic E-state index is 0.244. The number of amides is 2. The number of carbonyl (C=O) groups is 1. The lowest BCUT2D eigenvalue weighted by atomic mass is 9.80. The molecule has 1 aliphatic rings. The van der Waals surface area contributed by atoms with Gasteiger partial charge in [-0.2, -0.15) is 0 Å². The van der Waals surface area contributed by atoms with Crippen LogP contribution in [0.5, 0.6) is 0 Å². The van der Waals surface area contributed by atoms with Gasteiger partial charge in [0.2, 0.25) is 0 Å². The molecule has 3 N–H and O–H groups in total. The van der Waals surface area contributed by atoms with Gasteiger partial charge in [0.05, 0.1) is 5.60 Å². The summed E-state index contributed by atoms with van der Waals surface area (Å²) in [4.78, 5) is 12.0. The summed E-state index contributed by atoms with van der Waals surface area (Å²) in [5, 5.41) is 17.0. The average Bonchev–Trinajstić information content (AvgIpc) is 2.59. The molecule has 5 heteroatoms. The molecule has 0 spiro atoms. The molecule has 2 amide bonds. The van der Waals surface area contributed by atoms with Crippen molar-refractivity contribution in [1.82, 2.24) is 10.6 Å². The number of rotatable bonds is 4. The van der Waals surface area contributed by atoms with Crippen molar-refractivity contribution in [3.8, 4) is 0 Å². The summed E-state index contributed by atoms with van der Waals surface area (Å²) < 4.78 is 0. The van der Waals surface area contributed by atoms with Crippen molar-refractivity contribution in [2.45, 2.75) is 31.4 Å². The van der Waals surface area contributed by atoms with Crippen LogP contribution < -0.4 is 10.6 Å². The van der Waals surface area contributed by atoms with E-state index in [0.717, 1.165) is 17.5 Å². The summed E-state index contributed by atoms with van der Waals surface area (Å²) in [5.41, 5.74) is 2.54. The van der Waals surface area contributed by atoms with E-state index >= 15 is 0 Å². The zero-order valence-electron chi connectivity index (χ0n) is 13.4. The highest BCUT2D eigenvalue weighted by molar-refractivity contribution is 6.30. The van der Waals surface area contributed by atoms with Crippen molar-refractivity contribution in [3.63, 3.8) is 0 Å². The van der Waals surface area contributed by atoms with Crippen LogP contribution in [0.1, 0.15) is 23.1 Å². The highest BCUT2D eigenvalue weighted by Crippen LogP contribution is 2.28. The number of hydrogen-bond donors (Lipinski definition) is 3. The standard InChI is InChI=1S/C19H21ClN2O2/c20-17-7-5-14(6-8-17)12-21-18(23)22-13-19(24)10-9-15-3-1-2-4-16(15)11-19/h1-8,24H,9-13H2,(H2,21,22,23). The van der Waals surface area contributed by atoms with E-state index in [1.54, 1.807) is 12.1 Å². The molecule has 126 valence electrons. The normalized spacial score (nSPS) is 19.4. The Morgan fingerprint density at radius 2 is 1.79 bits per heavy atom. The largest absolute Gasteiger partial charge is 0.388 e. The van der Waals surface area contributed by atoms with E-state index in [-0.39, 0.29) is 12.6 Å². The van der Waals surface area contributed by atoms with Crippen molar-refractivity contribution >= 4 is 17.6 Å². The molecule has 1 aliphatic carbocycles. The van der Waals surface area contributed by atoms with Crippen LogP contribution in [-0.4, -0.2) is 23.3 Å². The summed E-state index contributed by atoms with van der Waals surface area (Å²) in [7, 11) is 0. The highest BCUT2D eigenvalue weighted by atomic mass is 35.5. The molecule has 2 aromatic rings. The van der Waals surface area contributed by atoms with Crippen molar-refractivity contribution in [2.75, 3.05) is 6.54 Å². The van der Waals surface area contributed by atoms with Gasteiger partial charge in [-0.25, -0.2) is 4.79 Å². The van der Waals surface area contributed by atoms with Gasteiger partial charge in [-0.3, -0.25) is 0 Å². The van der Waals surface area contributed by atoms with Crippen molar-refractivity contribution in [1.29, 1.82) is 0 Å². The van der Waals surface area contributed by atoms with Crippen LogP contribution in [0, 0.1) is 0 Å². The van der Waals surface area contributed by atoms with Gasteiger partial charge in [-0.05, 0) is 41.7 Å². The molecule has 4 nitrogen and oxygen atoms in total. The smallest absolute Gasteiger partial charge is 0.315 e. The molecule has 0 saturated heterocycles. The van der Waals surface area contributed by atoms with E-state index in [9.17, 15) is 9.90 Å². The molecule has 0 saturated carbocycles. The predicted octanol–water partition coefficient (Wildman–Crippen LogP) is 3.06. The maximum atomic E-state index is 12.0. The Balaban J connectivity index is 1.48. The molecule has 0 aromatic heterocycles. The maximum Gasteiger partial charge on any atom is 0.315 e. The molecule has 24 heavy (non-hydrogen) atoms. The van der Waals surface area contributed by atoms with Crippen LogP contribution in [0.25, 0.3) is 0 Å². The summed E-state index contributed by atoms with van der Waals surface area (Å²) >= 11 is 5.83. The van der Waals surface area contributed by atoms with Crippen molar-refractivity contribution < 1.29 is 9.90 Å². The Labute approximate surface area is 146 Å². The molecular formula is C19H21ClN2O2. The lowest BCUT2D eigenvalue weighted by Gasteiger charge is -2.33. The second kappa shape index (κ2) is 7.24. The van der Waals surface area contributed by atoms with Crippen LogP contribution in [0.2, 0.25) is 5.02 Å². The third-order valence-electron chi connectivity index (χ3n) is 4.44. The highest BCUT2D eigenvalue weighted by Gasteiger charge is 2.32. The average molecular weight is 345 g/mol. The van der Waals surface area contributed by atoms with E-state index in [1.165, 1.54) is 5.56 Å². The van der Waals surface area contributed by atoms with Gasteiger partial charge in [-0.1, -0.05) is 48.0 Å². The molecule has 1 atom stereocenters. The lowest BCUT2D eigenvalue weighted by Crippen LogP contribution is -2.49. The number of urea groups is 1. The summed E-state index contributed by atoms with van der Waals surface area (Å²) in [6.07, 6.45) is 2.06. The van der Waals surface area contributed by atoms with E-state index in [0.29, 0.717) is 24.4 Å². The predicted molar refractivity (Wildman–Crippen MR) is 95.1 cm³/mol. The topological polar surface area (TPSA) is 61.4 Å². The first kappa shape index (κ1) is 16.8. The molecule has 1 unspecified atom stereocenters. The molecule has 0 radical (unpaired) electrons. The number of aryl methyl sites for hydroxylation is 1. The number of carbonyl (C=O) groups excluding carboxylic acids is 1. The Kier molecular flexibility index (Phi) is 5.07. The molecule has 3 rings (SSSR count). The van der Waals surface area contributed by atoms with Gasteiger partial charge in [-0.15, -0.1) is 0 Å². The fourth-order valence-electron chi connectivity index (χ4n) is 3.03. The fraction of sp³-hybridized carbons (Fsp3) is 0.316. The molecule has 0 aliphatic heterocycles. The van der Waals surface area contributed by atoms with Crippen LogP contribution >= 0.6 is 11.6 Å². The third kappa shape index (κ3) is 4.28. The van der Waals surface area contributed by atoms with E-state index < -0.39 is 5.60 Å². The van der Waals surface area contributed by atoms with Crippen LogP contribution in [0.15, 0.2) is 48.5 Å².